The van der Waals surface area contributed by atoms with Gasteiger partial charge in [0.25, 0.3) is 0 Å². The van der Waals surface area contributed by atoms with Crippen molar-refractivity contribution in [2.45, 2.75) is 13.0 Å². The molecule has 0 saturated heterocycles. The topological polar surface area (TPSA) is 62.2 Å². The predicted octanol–water partition coefficient (Wildman–Crippen LogP) is 3.01. The monoisotopic (exact) mass is 248 g/mol. The van der Waals surface area contributed by atoms with Crippen LogP contribution in [0.2, 0.25) is 0 Å². The molecule has 0 bridgehead atoms. The lowest BCUT2D eigenvalue weighted by atomic mass is 10.1. The number of carboxylic acid groups (broad SMARTS) is 1. The fourth-order valence-electron chi connectivity index (χ4n) is 1.45. The number of benzene rings is 1. The van der Waals surface area contributed by atoms with Gasteiger partial charge in [0.05, 0.1) is 12.2 Å². The Bertz CT molecular complexity index is 510. The van der Waals surface area contributed by atoms with Gasteiger partial charge in [0.1, 0.15) is 4.88 Å². The summed E-state index contributed by atoms with van der Waals surface area (Å²) in [5.41, 5.74) is 1.14. The SMILES string of the molecule is CC(Nc1ncc(C(=O)O)s1)c1ccccc1. The number of anilines is 1. The van der Waals surface area contributed by atoms with Crippen LogP contribution in [0.4, 0.5) is 5.13 Å². The van der Waals surface area contributed by atoms with Gasteiger partial charge in [0.2, 0.25) is 0 Å². The number of hydrogen-bond acceptors (Lipinski definition) is 4. The molecular weight excluding hydrogens is 236 g/mol. The average molecular weight is 248 g/mol. The van der Waals surface area contributed by atoms with Crippen molar-refractivity contribution in [1.82, 2.24) is 4.98 Å². The number of thiazole rings is 1. The molecule has 0 aliphatic carbocycles. The summed E-state index contributed by atoms with van der Waals surface area (Å²) in [6.45, 7) is 2.01. The number of nitrogens with zero attached hydrogens (tertiary/aromatic N) is 1. The van der Waals surface area contributed by atoms with E-state index in [1.807, 2.05) is 37.3 Å². The van der Waals surface area contributed by atoms with Crippen molar-refractivity contribution in [2.75, 3.05) is 5.32 Å². The molecule has 2 N–H and O–H groups in total. The summed E-state index contributed by atoms with van der Waals surface area (Å²) in [6.07, 6.45) is 1.37. The van der Waals surface area contributed by atoms with Crippen molar-refractivity contribution in [3.63, 3.8) is 0 Å². The molecule has 1 aromatic carbocycles. The number of nitrogens with one attached hydrogen (secondary N) is 1. The molecule has 0 aliphatic rings. The van der Waals surface area contributed by atoms with Crippen molar-refractivity contribution < 1.29 is 9.90 Å². The Morgan fingerprint density at radius 2 is 2.12 bits per heavy atom. The van der Waals surface area contributed by atoms with Crippen LogP contribution in [0.25, 0.3) is 0 Å². The molecule has 1 aromatic heterocycles. The Hall–Kier alpha value is -1.88. The van der Waals surface area contributed by atoms with Crippen LogP contribution >= 0.6 is 11.3 Å². The number of carboxylic acids is 1. The predicted molar refractivity (Wildman–Crippen MR) is 67.6 cm³/mol. The number of hydrogen-bond donors (Lipinski definition) is 2. The summed E-state index contributed by atoms with van der Waals surface area (Å²) in [6, 6.07) is 10.0. The van der Waals surface area contributed by atoms with Crippen LogP contribution in [-0.2, 0) is 0 Å². The maximum Gasteiger partial charge on any atom is 0.347 e. The van der Waals surface area contributed by atoms with Crippen molar-refractivity contribution in [1.29, 1.82) is 0 Å². The van der Waals surface area contributed by atoms with Gasteiger partial charge in [-0.3, -0.25) is 0 Å². The number of rotatable bonds is 4. The fraction of sp³-hybridized carbons (Fsp3) is 0.167. The average Bonchev–Trinajstić information content (AvgIpc) is 2.79. The highest BCUT2D eigenvalue weighted by molar-refractivity contribution is 7.17. The van der Waals surface area contributed by atoms with Gasteiger partial charge >= 0.3 is 5.97 Å². The van der Waals surface area contributed by atoms with E-state index in [2.05, 4.69) is 10.3 Å². The van der Waals surface area contributed by atoms with Crippen molar-refractivity contribution in [2.24, 2.45) is 0 Å². The molecule has 0 amide bonds. The minimum absolute atomic E-state index is 0.101. The third kappa shape index (κ3) is 2.82. The van der Waals surface area contributed by atoms with Crippen LogP contribution in [0.5, 0.6) is 0 Å². The van der Waals surface area contributed by atoms with Crippen molar-refractivity contribution >= 4 is 22.4 Å². The molecule has 0 aliphatic heterocycles. The van der Waals surface area contributed by atoms with Crippen molar-refractivity contribution in [3.8, 4) is 0 Å². The summed E-state index contributed by atoms with van der Waals surface area (Å²) in [7, 11) is 0. The minimum atomic E-state index is -0.942. The summed E-state index contributed by atoms with van der Waals surface area (Å²) >= 11 is 1.14. The maximum atomic E-state index is 10.7. The van der Waals surface area contributed by atoms with E-state index in [1.165, 1.54) is 6.20 Å². The lowest BCUT2D eigenvalue weighted by Gasteiger charge is -2.12. The van der Waals surface area contributed by atoms with Gasteiger partial charge in [0, 0.05) is 0 Å². The summed E-state index contributed by atoms with van der Waals surface area (Å²) in [4.78, 5) is 15.0. The number of aromatic carboxylic acids is 1. The molecule has 0 fully saturated rings. The zero-order chi connectivity index (χ0) is 12.3. The van der Waals surface area contributed by atoms with E-state index < -0.39 is 5.97 Å². The Balaban J connectivity index is 2.08. The van der Waals surface area contributed by atoms with Gasteiger partial charge in [0.15, 0.2) is 5.13 Å². The first-order valence-electron chi connectivity index (χ1n) is 5.17. The summed E-state index contributed by atoms with van der Waals surface area (Å²) in [5, 5.41) is 12.6. The largest absolute Gasteiger partial charge is 0.477 e. The highest BCUT2D eigenvalue weighted by Crippen LogP contribution is 2.23. The van der Waals surface area contributed by atoms with E-state index in [0.29, 0.717) is 5.13 Å². The smallest absolute Gasteiger partial charge is 0.347 e. The second kappa shape index (κ2) is 4.97. The van der Waals surface area contributed by atoms with E-state index >= 15 is 0 Å². The normalized spacial score (nSPS) is 12.1. The van der Waals surface area contributed by atoms with Gasteiger partial charge in [-0.2, -0.15) is 0 Å². The number of carbonyl (C=O) groups is 1. The second-order valence-electron chi connectivity index (χ2n) is 3.61. The van der Waals surface area contributed by atoms with E-state index in [1.54, 1.807) is 0 Å². The zero-order valence-electron chi connectivity index (χ0n) is 9.25. The van der Waals surface area contributed by atoms with E-state index in [0.717, 1.165) is 16.9 Å². The molecule has 4 nitrogen and oxygen atoms in total. The van der Waals surface area contributed by atoms with Crippen LogP contribution < -0.4 is 5.32 Å². The first-order chi connectivity index (χ1) is 8.16. The summed E-state index contributed by atoms with van der Waals surface area (Å²) in [5.74, 6) is -0.942. The minimum Gasteiger partial charge on any atom is -0.477 e. The van der Waals surface area contributed by atoms with Crippen LogP contribution in [0.15, 0.2) is 36.5 Å². The van der Waals surface area contributed by atoms with E-state index in [-0.39, 0.29) is 10.9 Å². The van der Waals surface area contributed by atoms with Gasteiger partial charge in [-0.25, -0.2) is 9.78 Å². The van der Waals surface area contributed by atoms with Gasteiger partial charge in [-0.05, 0) is 12.5 Å². The Kier molecular flexibility index (Phi) is 3.39. The molecule has 1 unspecified atom stereocenters. The Labute approximate surface area is 103 Å². The van der Waals surface area contributed by atoms with Gasteiger partial charge in [-0.15, -0.1) is 0 Å². The first-order valence-corrected chi connectivity index (χ1v) is 5.99. The molecule has 5 heteroatoms. The first kappa shape index (κ1) is 11.6. The van der Waals surface area contributed by atoms with Crippen LogP contribution in [0.3, 0.4) is 0 Å². The standard InChI is InChI=1S/C12H12N2O2S/c1-8(9-5-3-2-4-6-9)14-12-13-7-10(17-12)11(15)16/h2-8H,1H3,(H,13,14)(H,15,16). The third-order valence-corrected chi connectivity index (χ3v) is 3.27. The van der Waals surface area contributed by atoms with Gasteiger partial charge in [-0.1, -0.05) is 41.7 Å². The fourth-order valence-corrected chi connectivity index (χ4v) is 2.19. The quantitative estimate of drug-likeness (QED) is 0.873. The summed E-state index contributed by atoms with van der Waals surface area (Å²) < 4.78 is 0. The zero-order valence-corrected chi connectivity index (χ0v) is 10.1. The molecule has 88 valence electrons. The maximum absolute atomic E-state index is 10.7. The molecule has 1 atom stereocenters. The number of aromatic nitrogens is 1. The molecule has 2 aromatic rings. The molecular formula is C12H12N2O2S. The highest BCUT2D eigenvalue weighted by atomic mass is 32.1. The van der Waals surface area contributed by atoms with E-state index in [4.69, 9.17) is 5.11 Å². The van der Waals surface area contributed by atoms with E-state index in [9.17, 15) is 4.79 Å². The van der Waals surface area contributed by atoms with Gasteiger partial charge < -0.3 is 10.4 Å². The molecule has 0 spiro atoms. The Morgan fingerprint density at radius 3 is 2.71 bits per heavy atom. The molecule has 0 saturated carbocycles. The lowest BCUT2D eigenvalue weighted by molar-refractivity contribution is 0.0702. The Morgan fingerprint density at radius 1 is 1.41 bits per heavy atom. The molecule has 1 heterocycles. The van der Waals surface area contributed by atoms with Crippen molar-refractivity contribution in [3.05, 3.63) is 47.0 Å². The molecule has 0 radical (unpaired) electrons. The molecule has 2 rings (SSSR count). The van der Waals surface area contributed by atoms with Crippen LogP contribution in [-0.4, -0.2) is 16.1 Å². The van der Waals surface area contributed by atoms with Crippen LogP contribution in [0, 0.1) is 0 Å². The molecule has 17 heavy (non-hydrogen) atoms. The second-order valence-corrected chi connectivity index (χ2v) is 4.64. The third-order valence-electron chi connectivity index (χ3n) is 2.36. The lowest BCUT2D eigenvalue weighted by Crippen LogP contribution is -2.05. The van der Waals surface area contributed by atoms with Crippen LogP contribution in [0.1, 0.15) is 28.2 Å². The highest BCUT2D eigenvalue weighted by Gasteiger charge is 2.11.